The Kier molecular flexibility index (Phi) is 4.62. The highest BCUT2D eigenvalue weighted by molar-refractivity contribution is 5.68. The van der Waals surface area contributed by atoms with Crippen LogP contribution in [0.4, 0.5) is 0 Å². The smallest absolute Gasteiger partial charge is 0.170 e. The fraction of sp³-hybridized carbons (Fsp3) is 0.294. The molecule has 4 aliphatic rings. The number of allylic oxidation sites excluding steroid dienone is 3. The van der Waals surface area contributed by atoms with E-state index in [1.807, 2.05) is 43.3 Å². The molecule has 7 rings (SSSR count). The molecule has 0 fully saturated rings. The van der Waals surface area contributed by atoms with Crippen LogP contribution in [-0.4, -0.2) is 0 Å². The van der Waals surface area contributed by atoms with Crippen molar-refractivity contribution < 1.29 is 18.9 Å². The summed E-state index contributed by atoms with van der Waals surface area (Å²) in [6, 6.07) is 16.7. The quantitative estimate of drug-likeness (QED) is 0.259. The normalized spacial score (nSPS) is 24.8. The summed E-state index contributed by atoms with van der Waals surface area (Å²) in [5.74, 6) is 5.95. The number of benzene rings is 3. The van der Waals surface area contributed by atoms with Gasteiger partial charge in [0.15, 0.2) is 46.0 Å². The van der Waals surface area contributed by atoms with Gasteiger partial charge in [-0.1, -0.05) is 52.5 Å². The monoisotopic (exact) mass is 504 g/mol. The summed E-state index contributed by atoms with van der Waals surface area (Å²) < 4.78 is 25.4. The number of rotatable bonds is 1. The maximum atomic E-state index is 6.39. The van der Waals surface area contributed by atoms with Crippen LogP contribution in [0, 0.1) is 0 Å². The standard InChI is InChI=1S/C34H32O4/c1-7-11-25-24(8-2)35-28-14-20-22(16-30(28)36-25)34(18-32(20,3)4)19-33(5,6)21-15-29-31(17-23(21)34)38-27-13-10-9-12-26(27)37-29/h7-17H,1,18-19H2,2-6H3/b24-8+,25-11+. The van der Waals surface area contributed by atoms with Gasteiger partial charge in [-0.25, -0.2) is 0 Å². The van der Waals surface area contributed by atoms with Gasteiger partial charge in [-0.05, 0) is 101 Å². The van der Waals surface area contributed by atoms with E-state index >= 15 is 0 Å². The summed E-state index contributed by atoms with van der Waals surface area (Å²) in [5.41, 5.74) is 5.02. The third kappa shape index (κ3) is 3.09. The Hall–Kier alpha value is -3.92. The molecule has 1 spiro atoms. The average molecular weight is 505 g/mol. The summed E-state index contributed by atoms with van der Waals surface area (Å²) in [6.07, 6.45) is 7.50. The molecule has 0 amide bonds. The number of hydrogen-bond donors (Lipinski definition) is 0. The molecule has 2 aliphatic carbocycles. The van der Waals surface area contributed by atoms with Gasteiger partial charge in [0.2, 0.25) is 0 Å². The lowest BCUT2D eigenvalue weighted by Crippen LogP contribution is -2.27. The van der Waals surface area contributed by atoms with E-state index < -0.39 is 0 Å². The van der Waals surface area contributed by atoms with Gasteiger partial charge in [-0.3, -0.25) is 0 Å². The fourth-order valence-corrected chi connectivity index (χ4v) is 7.26. The molecule has 4 nitrogen and oxygen atoms in total. The van der Waals surface area contributed by atoms with E-state index in [4.69, 9.17) is 18.9 Å². The second-order valence-electron chi connectivity index (χ2n) is 12.2. The zero-order valence-corrected chi connectivity index (χ0v) is 22.6. The van der Waals surface area contributed by atoms with Gasteiger partial charge in [0.1, 0.15) is 0 Å². The van der Waals surface area contributed by atoms with E-state index in [1.54, 1.807) is 6.08 Å². The van der Waals surface area contributed by atoms with Crippen LogP contribution in [0.5, 0.6) is 34.5 Å². The Morgan fingerprint density at radius 2 is 1.08 bits per heavy atom. The lowest BCUT2D eigenvalue weighted by atomic mass is 9.72. The van der Waals surface area contributed by atoms with Crippen molar-refractivity contribution in [1.29, 1.82) is 0 Å². The summed E-state index contributed by atoms with van der Waals surface area (Å²) in [4.78, 5) is 0. The molecular weight excluding hydrogens is 472 g/mol. The molecule has 4 heteroatoms. The van der Waals surface area contributed by atoms with Crippen molar-refractivity contribution >= 4 is 0 Å². The van der Waals surface area contributed by atoms with E-state index in [2.05, 4.69) is 58.5 Å². The van der Waals surface area contributed by atoms with Crippen molar-refractivity contribution in [2.24, 2.45) is 0 Å². The minimum absolute atomic E-state index is 0.0400. The lowest BCUT2D eigenvalue weighted by molar-refractivity contribution is 0.292. The fourth-order valence-electron chi connectivity index (χ4n) is 7.26. The number of hydrogen-bond acceptors (Lipinski definition) is 4. The van der Waals surface area contributed by atoms with Gasteiger partial charge < -0.3 is 18.9 Å². The van der Waals surface area contributed by atoms with Gasteiger partial charge >= 0.3 is 0 Å². The Morgan fingerprint density at radius 1 is 0.632 bits per heavy atom. The zero-order chi connectivity index (χ0) is 26.4. The lowest BCUT2D eigenvalue weighted by Gasteiger charge is -2.31. The maximum absolute atomic E-state index is 6.39. The van der Waals surface area contributed by atoms with Gasteiger partial charge in [0.25, 0.3) is 0 Å². The van der Waals surface area contributed by atoms with Crippen LogP contribution < -0.4 is 18.9 Å². The zero-order valence-electron chi connectivity index (χ0n) is 22.6. The molecule has 38 heavy (non-hydrogen) atoms. The van der Waals surface area contributed by atoms with Crippen molar-refractivity contribution in [3.63, 3.8) is 0 Å². The van der Waals surface area contributed by atoms with Crippen LogP contribution in [0.2, 0.25) is 0 Å². The van der Waals surface area contributed by atoms with Crippen molar-refractivity contribution in [1.82, 2.24) is 0 Å². The van der Waals surface area contributed by atoms with E-state index in [0.29, 0.717) is 11.5 Å². The summed E-state index contributed by atoms with van der Waals surface area (Å²) in [7, 11) is 0. The second-order valence-corrected chi connectivity index (χ2v) is 12.2. The predicted octanol–water partition coefficient (Wildman–Crippen LogP) is 8.98. The number of para-hydroxylation sites is 2. The molecule has 0 radical (unpaired) electrons. The second kappa shape index (κ2) is 7.57. The van der Waals surface area contributed by atoms with Crippen LogP contribution in [0.25, 0.3) is 0 Å². The highest BCUT2D eigenvalue weighted by Gasteiger charge is 2.57. The topological polar surface area (TPSA) is 36.9 Å². The molecule has 2 heterocycles. The van der Waals surface area contributed by atoms with Crippen LogP contribution in [-0.2, 0) is 16.2 Å². The first-order valence-corrected chi connectivity index (χ1v) is 13.3. The molecule has 0 aromatic heterocycles. The molecule has 0 bridgehead atoms. The van der Waals surface area contributed by atoms with Crippen molar-refractivity contribution in [3.8, 4) is 34.5 Å². The van der Waals surface area contributed by atoms with Crippen LogP contribution in [0.15, 0.2) is 84.9 Å². The third-order valence-corrected chi connectivity index (χ3v) is 8.65. The van der Waals surface area contributed by atoms with Crippen LogP contribution in [0.1, 0.15) is 69.7 Å². The maximum Gasteiger partial charge on any atom is 0.170 e. The number of fused-ring (bicyclic) bond motifs is 7. The van der Waals surface area contributed by atoms with Crippen molar-refractivity contribution in [2.75, 3.05) is 0 Å². The Balaban J connectivity index is 1.42. The molecular formula is C34H32O4. The minimum Gasteiger partial charge on any atom is -0.450 e. The molecule has 1 atom stereocenters. The Morgan fingerprint density at radius 3 is 1.55 bits per heavy atom. The van der Waals surface area contributed by atoms with E-state index in [1.165, 1.54) is 22.3 Å². The predicted molar refractivity (Wildman–Crippen MR) is 149 cm³/mol. The molecule has 192 valence electrons. The van der Waals surface area contributed by atoms with Gasteiger partial charge in [0.05, 0.1) is 0 Å². The SMILES string of the molecule is C=C/C=C1/Oc2cc3c(cc2O/C1=C/C)C(C)(C)CC31CC(C)(C)c2cc3c(cc21)Oc1ccccc1O3. The Labute approximate surface area is 224 Å². The molecule has 2 aliphatic heterocycles. The van der Waals surface area contributed by atoms with Crippen LogP contribution in [0.3, 0.4) is 0 Å². The minimum atomic E-state index is -0.172. The molecule has 3 aromatic carbocycles. The summed E-state index contributed by atoms with van der Waals surface area (Å²) in [5, 5.41) is 0. The molecule has 0 saturated carbocycles. The summed E-state index contributed by atoms with van der Waals surface area (Å²) >= 11 is 0. The first kappa shape index (κ1) is 23.2. The molecule has 1 unspecified atom stereocenters. The Bertz CT molecular complexity index is 1600. The van der Waals surface area contributed by atoms with E-state index in [-0.39, 0.29) is 16.2 Å². The highest BCUT2D eigenvalue weighted by Crippen LogP contribution is 2.65. The van der Waals surface area contributed by atoms with Gasteiger partial charge in [-0.2, -0.15) is 0 Å². The summed E-state index contributed by atoms with van der Waals surface area (Å²) in [6.45, 7) is 15.2. The third-order valence-electron chi connectivity index (χ3n) is 8.65. The van der Waals surface area contributed by atoms with Crippen molar-refractivity contribution in [2.45, 2.75) is 63.7 Å². The van der Waals surface area contributed by atoms with E-state index in [9.17, 15) is 0 Å². The van der Waals surface area contributed by atoms with Crippen molar-refractivity contribution in [3.05, 3.63) is 107 Å². The molecule has 0 saturated heterocycles. The largest absolute Gasteiger partial charge is 0.450 e. The molecule has 3 aromatic rings. The highest BCUT2D eigenvalue weighted by atomic mass is 16.6. The first-order valence-electron chi connectivity index (χ1n) is 13.3. The van der Waals surface area contributed by atoms with E-state index in [0.717, 1.165) is 47.3 Å². The average Bonchev–Trinajstić information content (AvgIpc) is 3.23. The molecule has 0 N–H and O–H groups in total. The first-order chi connectivity index (χ1) is 18.1. The number of ether oxygens (including phenoxy) is 4. The van der Waals surface area contributed by atoms with Crippen LogP contribution >= 0.6 is 0 Å². The van der Waals surface area contributed by atoms with Gasteiger partial charge in [0, 0.05) is 5.41 Å². The van der Waals surface area contributed by atoms with Gasteiger partial charge in [-0.15, -0.1) is 0 Å².